The predicted octanol–water partition coefficient (Wildman–Crippen LogP) is 4.08. The van der Waals surface area contributed by atoms with E-state index in [4.69, 9.17) is 15.2 Å². The van der Waals surface area contributed by atoms with Gasteiger partial charge in [0.25, 0.3) is 0 Å². The normalized spacial score (nSPS) is 19.5. The Bertz CT molecular complexity index is 1160. The molecule has 8 heteroatoms. The molecule has 1 aromatic carbocycles. The van der Waals surface area contributed by atoms with Crippen molar-refractivity contribution in [1.29, 1.82) is 0 Å². The van der Waals surface area contributed by atoms with E-state index in [1.165, 1.54) is 6.33 Å². The van der Waals surface area contributed by atoms with E-state index in [1.807, 2.05) is 41.1 Å². The summed E-state index contributed by atoms with van der Waals surface area (Å²) in [4.78, 5) is 12.8. The first-order valence-corrected chi connectivity index (χ1v) is 9.87. The fraction of sp³-hybridized carbons (Fsp3) is 0.250. The summed E-state index contributed by atoms with van der Waals surface area (Å²) in [7, 11) is 0. The van der Waals surface area contributed by atoms with Crippen LogP contribution in [0.1, 0.15) is 19.1 Å². The molecule has 0 unspecified atom stereocenters. The zero-order chi connectivity index (χ0) is 19.1. The van der Waals surface area contributed by atoms with Crippen LogP contribution in [0.5, 0.6) is 5.75 Å². The molecule has 0 radical (unpaired) electrons. The van der Waals surface area contributed by atoms with Crippen molar-refractivity contribution in [3.8, 4) is 5.75 Å². The first-order valence-electron chi connectivity index (χ1n) is 9.08. The molecule has 142 valence electrons. The standard InChI is InChI=1S/C20H18BrN5O2/c21-13-7-12-1-2-14(8-17(12)23-9-13)27-10-15-3-4-18(28-15)26-6-5-16-19(22)24-11-25-20(16)26/h1-2,5-9,11,15,18H,3-4,10H2,(H2,22,24,25)/t15-,18+/m0/s1. The number of rotatable bonds is 4. The third-order valence-electron chi connectivity index (χ3n) is 4.99. The van der Waals surface area contributed by atoms with Gasteiger partial charge in [-0.25, -0.2) is 9.97 Å². The number of hydrogen-bond acceptors (Lipinski definition) is 6. The summed E-state index contributed by atoms with van der Waals surface area (Å²) in [6.45, 7) is 0.495. The predicted molar refractivity (Wildman–Crippen MR) is 110 cm³/mol. The molecule has 7 nitrogen and oxygen atoms in total. The van der Waals surface area contributed by atoms with Gasteiger partial charge in [0.15, 0.2) is 0 Å². The van der Waals surface area contributed by atoms with E-state index in [0.29, 0.717) is 12.4 Å². The highest BCUT2D eigenvalue weighted by Gasteiger charge is 2.28. The van der Waals surface area contributed by atoms with Crippen LogP contribution in [-0.4, -0.2) is 32.2 Å². The van der Waals surface area contributed by atoms with E-state index in [1.54, 1.807) is 6.20 Å². The van der Waals surface area contributed by atoms with Crippen molar-refractivity contribution in [2.75, 3.05) is 12.3 Å². The molecule has 1 saturated heterocycles. The van der Waals surface area contributed by atoms with Gasteiger partial charge in [0.05, 0.1) is 17.0 Å². The fourth-order valence-corrected chi connectivity index (χ4v) is 3.94. The smallest absolute Gasteiger partial charge is 0.147 e. The van der Waals surface area contributed by atoms with Crippen LogP contribution in [0.3, 0.4) is 0 Å². The van der Waals surface area contributed by atoms with Gasteiger partial charge in [0, 0.05) is 28.3 Å². The number of benzene rings is 1. The third-order valence-corrected chi connectivity index (χ3v) is 5.43. The number of anilines is 1. The Kier molecular flexibility index (Phi) is 4.37. The molecule has 3 aromatic heterocycles. The van der Waals surface area contributed by atoms with Crippen LogP contribution in [0.25, 0.3) is 21.9 Å². The maximum atomic E-state index is 6.19. The molecule has 0 bridgehead atoms. The van der Waals surface area contributed by atoms with Crippen molar-refractivity contribution in [3.05, 3.63) is 53.5 Å². The Morgan fingerprint density at radius 1 is 1.18 bits per heavy atom. The number of aromatic nitrogens is 4. The van der Waals surface area contributed by atoms with Gasteiger partial charge >= 0.3 is 0 Å². The van der Waals surface area contributed by atoms with E-state index in [2.05, 4.69) is 30.9 Å². The minimum absolute atomic E-state index is 0.0233. The second-order valence-electron chi connectivity index (χ2n) is 6.83. The van der Waals surface area contributed by atoms with E-state index in [0.717, 1.165) is 45.0 Å². The van der Waals surface area contributed by atoms with E-state index in [9.17, 15) is 0 Å². The van der Waals surface area contributed by atoms with Gasteiger partial charge in [-0.2, -0.15) is 0 Å². The SMILES string of the molecule is Nc1ncnc2c1ccn2[C@H]1CC[C@@H](COc2ccc3cc(Br)cnc3c2)O1. The number of nitrogen functional groups attached to an aromatic ring is 1. The highest BCUT2D eigenvalue weighted by Crippen LogP contribution is 2.32. The van der Waals surface area contributed by atoms with Gasteiger partial charge in [0.2, 0.25) is 0 Å². The van der Waals surface area contributed by atoms with Crippen molar-refractivity contribution in [2.45, 2.75) is 25.2 Å². The Morgan fingerprint density at radius 3 is 3.04 bits per heavy atom. The molecule has 28 heavy (non-hydrogen) atoms. The van der Waals surface area contributed by atoms with Gasteiger partial charge in [-0.1, -0.05) is 0 Å². The molecular weight excluding hydrogens is 422 g/mol. The molecule has 2 atom stereocenters. The molecule has 0 aliphatic carbocycles. The summed E-state index contributed by atoms with van der Waals surface area (Å²) in [5, 5.41) is 1.92. The maximum Gasteiger partial charge on any atom is 0.147 e. The lowest BCUT2D eigenvalue weighted by Crippen LogP contribution is -2.18. The molecule has 5 rings (SSSR count). The number of halogens is 1. The lowest BCUT2D eigenvalue weighted by molar-refractivity contribution is -0.0156. The summed E-state index contributed by atoms with van der Waals surface area (Å²) in [5.74, 6) is 1.28. The minimum atomic E-state index is -0.0731. The van der Waals surface area contributed by atoms with Gasteiger partial charge in [0.1, 0.15) is 36.4 Å². The summed E-state index contributed by atoms with van der Waals surface area (Å²) < 4.78 is 15.1. The monoisotopic (exact) mass is 439 g/mol. The number of nitrogens with two attached hydrogens (primary N) is 1. The van der Waals surface area contributed by atoms with Crippen molar-refractivity contribution < 1.29 is 9.47 Å². The van der Waals surface area contributed by atoms with Gasteiger partial charge in [-0.3, -0.25) is 4.98 Å². The fourth-order valence-electron chi connectivity index (χ4n) is 3.59. The van der Waals surface area contributed by atoms with Crippen LogP contribution < -0.4 is 10.5 Å². The molecule has 0 amide bonds. The Balaban J connectivity index is 1.26. The molecule has 0 spiro atoms. The Morgan fingerprint density at radius 2 is 2.11 bits per heavy atom. The lowest BCUT2D eigenvalue weighted by Gasteiger charge is -2.16. The number of hydrogen-bond donors (Lipinski definition) is 1. The molecule has 1 aliphatic heterocycles. The van der Waals surface area contributed by atoms with Crippen LogP contribution in [0, 0.1) is 0 Å². The summed E-state index contributed by atoms with van der Waals surface area (Å²) in [6, 6.07) is 9.89. The average Bonchev–Trinajstić information content (AvgIpc) is 3.33. The summed E-state index contributed by atoms with van der Waals surface area (Å²) >= 11 is 3.44. The molecule has 0 saturated carbocycles. The van der Waals surface area contributed by atoms with Crippen molar-refractivity contribution in [2.24, 2.45) is 0 Å². The quantitative estimate of drug-likeness (QED) is 0.515. The first-order chi connectivity index (χ1) is 13.7. The summed E-state index contributed by atoms with van der Waals surface area (Å²) in [5.41, 5.74) is 7.62. The largest absolute Gasteiger partial charge is 0.491 e. The maximum absolute atomic E-state index is 6.19. The van der Waals surface area contributed by atoms with Crippen LogP contribution >= 0.6 is 15.9 Å². The van der Waals surface area contributed by atoms with Gasteiger partial charge in [-0.05, 0) is 53.0 Å². The van der Waals surface area contributed by atoms with E-state index >= 15 is 0 Å². The molecule has 2 N–H and O–H groups in total. The van der Waals surface area contributed by atoms with Crippen LogP contribution in [-0.2, 0) is 4.74 Å². The third kappa shape index (κ3) is 3.18. The van der Waals surface area contributed by atoms with Crippen LogP contribution in [0.15, 0.2) is 53.5 Å². The topological polar surface area (TPSA) is 88.1 Å². The Hall–Kier alpha value is -2.71. The minimum Gasteiger partial charge on any atom is -0.491 e. The molecule has 4 heterocycles. The highest BCUT2D eigenvalue weighted by atomic mass is 79.9. The second-order valence-corrected chi connectivity index (χ2v) is 7.74. The van der Waals surface area contributed by atoms with E-state index in [-0.39, 0.29) is 12.3 Å². The Labute approximate surface area is 169 Å². The lowest BCUT2D eigenvalue weighted by atomic mass is 10.2. The zero-order valence-corrected chi connectivity index (χ0v) is 16.5. The second kappa shape index (κ2) is 7.03. The molecule has 4 aromatic rings. The molecule has 1 fully saturated rings. The highest BCUT2D eigenvalue weighted by molar-refractivity contribution is 9.10. The van der Waals surface area contributed by atoms with Gasteiger partial charge < -0.3 is 19.8 Å². The van der Waals surface area contributed by atoms with Crippen LogP contribution in [0.2, 0.25) is 0 Å². The zero-order valence-electron chi connectivity index (χ0n) is 15.0. The number of fused-ring (bicyclic) bond motifs is 2. The van der Waals surface area contributed by atoms with Crippen molar-refractivity contribution >= 4 is 43.7 Å². The average molecular weight is 440 g/mol. The molecular formula is C20H18BrN5O2. The van der Waals surface area contributed by atoms with Gasteiger partial charge in [-0.15, -0.1) is 0 Å². The molecule has 1 aliphatic rings. The van der Waals surface area contributed by atoms with Crippen LogP contribution in [0.4, 0.5) is 5.82 Å². The van der Waals surface area contributed by atoms with E-state index < -0.39 is 0 Å². The summed E-state index contributed by atoms with van der Waals surface area (Å²) in [6.07, 6.45) is 6.99. The number of ether oxygens (including phenoxy) is 2. The first kappa shape index (κ1) is 17.4. The van der Waals surface area contributed by atoms with Crippen molar-refractivity contribution in [3.63, 3.8) is 0 Å². The number of pyridine rings is 1. The number of nitrogens with zero attached hydrogens (tertiary/aromatic N) is 4. The van der Waals surface area contributed by atoms with Crippen molar-refractivity contribution in [1.82, 2.24) is 19.5 Å².